The molecule has 2 fully saturated rings. The molecule has 1 aromatic carbocycles. The highest BCUT2D eigenvalue weighted by Crippen LogP contribution is 2.31. The standard InChI is InChI=1S/C18H20ClN3O4S3/c19-13-4-3-12-8-17(28-15(12)9-13)29(25,26)20-14-2-1-5-21(18(14)24)10-16(23)22-6-7-27-11-22/h3-4,8-9,14,20H,1-2,5-7,10-11H2/t14-/m0/s1. The highest BCUT2D eigenvalue weighted by atomic mass is 35.5. The summed E-state index contributed by atoms with van der Waals surface area (Å²) in [7, 11) is -3.86. The van der Waals surface area contributed by atoms with E-state index in [0.29, 0.717) is 36.8 Å². The van der Waals surface area contributed by atoms with Crippen LogP contribution in [0.1, 0.15) is 12.8 Å². The summed E-state index contributed by atoms with van der Waals surface area (Å²) >= 11 is 8.78. The van der Waals surface area contributed by atoms with Gasteiger partial charge in [-0.15, -0.1) is 23.1 Å². The van der Waals surface area contributed by atoms with Crippen molar-refractivity contribution in [3.8, 4) is 0 Å². The Hall–Kier alpha value is -1.33. The Balaban J connectivity index is 1.46. The van der Waals surface area contributed by atoms with Crippen LogP contribution in [0.4, 0.5) is 0 Å². The lowest BCUT2D eigenvalue weighted by Gasteiger charge is -2.32. The zero-order chi connectivity index (χ0) is 20.6. The molecule has 156 valence electrons. The van der Waals surface area contributed by atoms with Crippen molar-refractivity contribution in [2.24, 2.45) is 0 Å². The van der Waals surface area contributed by atoms with E-state index in [0.717, 1.165) is 27.2 Å². The molecule has 7 nitrogen and oxygen atoms in total. The van der Waals surface area contributed by atoms with Crippen molar-refractivity contribution in [3.05, 3.63) is 29.3 Å². The van der Waals surface area contributed by atoms with E-state index in [2.05, 4.69) is 4.72 Å². The fourth-order valence-corrected chi connectivity index (χ4v) is 7.33. The van der Waals surface area contributed by atoms with Gasteiger partial charge in [-0.2, -0.15) is 4.72 Å². The normalized spacial score (nSPS) is 20.6. The summed E-state index contributed by atoms with van der Waals surface area (Å²) in [5.41, 5.74) is 0. The number of thiophene rings is 1. The SMILES string of the molecule is O=C(CN1CCC[C@H](NS(=O)(=O)c2cc3ccc(Cl)cc3s2)C1=O)N1CCSC1. The quantitative estimate of drug-likeness (QED) is 0.720. The largest absolute Gasteiger partial charge is 0.332 e. The summed E-state index contributed by atoms with van der Waals surface area (Å²) in [6, 6.07) is 5.92. The first-order valence-electron chi connectivity index (χ1n) is 9.19. The molecule has 0 aliphatic carbocycles. The smallest absolute Gasteiger partial charge is 0.250 e. The van der Waals surface area contributed by atoms with Crippen LogP contribution in [0.3, 0.4) is 0 Å². The molecule has 2 saturated heterocycles. The molecule has 29 heavy (non-hydrogen) atoms. The number of rotatable bonds is 5. The minimum Gasteiger partial charge on any atom is -0.332 e. The zero-order valence-electron chi connectivity index (χ0n) is 15.5. The topological polar surface area (TPSA) is 86.8 Å². The van der Waals surface area contributed by atoms with E-state index in [1.54, 1.807) is 40.9 Å². The van der Waals surface area contributed by atoms with Gasteiger partial charge in [0.15, 0.2) is 0 Å². The van der Waals surface area contributed by atoms with Crippen molar-refractivity contribution in [1.82, 2.24) is 14.5 Å². The number of piperidine rings is 1. The number of nitrogens with zero attached hydrogens (tertiary/aromatic N) is 2. The second kappa shape index (κ2) is 8.43. The summed E-state index contributed by atoms with van der Waals surface area (Å²) in [6.45, 7) is 1.15. The van der Waals surface area contributed by atoms with Crippen molar-refractivity contribution in [2.75, 3.05) is 31.3 Å². The monoisotopic (exact) mass is 473 g/mol. The van der Waals surface area contributed by atoms with Crippen LogP contribution in [-0.2, 0) is 19.6 Å². The fraction of sp³-hybridized carbons (Fsp3) is 0.444. The molecule has 2 aliphatic heterocycles. The van der Waals surface area contributed by atoms with Crippen LogP contribution in [0.25, 0.3) is 10.1 Å². The van der Waals surface area contributed by atoms with Crippen LogP contribution in [-0.4, -0.2) is 67.3 Å². The van der Waals surface area contributed by atoms with Crippen molar-refractivity contribution >= 4 is 66.6 Å². The minimum absolute atomic E-state index is 0.000984. The average Bonchev–Trinajstić information content (AvgIpc) is 3.34. The summed E-state index contributed by atoms with van der Waals surface area (Å²) in [5.74, 6) is 1.12. The molecule has 4 rings (SSSR count). The Morgan fingerprint density at radius 3 is 2.86 bits per heavy atom. The molecule has 0 saturated carbocycles. The van der Waals surface area contributed by atoms with Crippen LogP contribution < -0.4 is 4.72 Å². The third kappa shape index (κ3) is 4.56. The molecule has 1 aromatic heterocycles. The highest BCUT2D eigenvalue weighted by Gasteiger charge is 2.34. The summed E-state index contributed by atoms with van der Waals surface area (Å²) in [6.07, 6.45) is 1.06. The number of carbonyl (C=O) groups excluding carboxylic acids is 2. The Bertz CT molecular complexity index is 1050. The predicted octanol–water partition coefficient (Wildman–Crippen LogP) is 2.36. The van der Waals surface area contributed by atoms with Gasteiger partial charge >= 0.3 is 0 Å². The second-order valence-electron chi connectivity index (χ2n) is 7.02. The lowest BCUT2D eigenvalue weighted by molar-refractivity contribution is -0.142. The van der Waals surface area contributed by atoms with Crippen molar-refractivity contribution in [3.63, 3.8) is 0 Å². The molecular formula is C18H20ClN3O4S3. The van der Waals surface area contributed by atoms with Crippen molar-refractivity contribution in [1.29, 1.82) is 0 Å². The molecule has 0 bridgehead atoms. The van der Waals surface area contributed by atoms with Gasteiger partial charge in [-0.3, -0.25) is 9.59 Å². The number of hydrogen-bond donors (Lipinski definition) is 1. The van der Waals surface area contributed by atoms with Gasteiger partial charge in [0.2, 0.25) is 11.8 Å². The molecule has 3 heterocycles. The van der Waals surface area contributed by atoms with Crippen molar-refractivity contribution in [2.45, 2.75) is 23.1 Å². The number of halogens is 1. The van der Waals surface area contributed by atoms with Gasteiger partial charge in [0.1, 0.15) is 10.3 Å². The maximum absolute atomic E-state index is 12.9. The van der Waals surface area contributed by atoms with Gasteiger partial charge in [0, 0.05) is 28.6 Å². The maximum atomic E-state index is 12.9. The van der Waals surface area contributed by atoms with E-state index in [4.69, 9.17) is 11.6 Å². The van der Waals surface area contributed by atoms with Gasteiger partial charge in [-0.25, -0.2) is 8.42 Å². The highest BCUT2D eigenvalue weighted by molar-refractivity contribution is 7.99. The molecule has 11 heteroatoms. The van der Waals surface area contributed by atoms with Gasteiger partial charge in [0.25, 0.3) is 10.0 Å². The number of carbonyl (C=O) groups is 2. The molecule has 2 aromatic rings. The number of likely N-dealkylation sites (tertiary alicyclic amines) is 1. The summed E-state index contributed by atoms with van der Waals surface area (Å²) in [4.78, 5) is 28.4. The van der Waals surface area contributed by atoms with E-state index in [1.165, 1.54) is 4.90 Å². The van der Waals surface area contributed by atoms with Gasteiger partial charge < -0.3 is 9.80 Å². The fourth-order valence-electron chi connectivity index (χ4n) is 3.44. The zero-order valence-corrected chi connectivity index (χ0v) is 18.7. The van der Waals surface area contributed by atoms with Gasteiger partial charge in [-0.05, 0) is 36.4 Å². The third-order valence-corrected chi connectivity index (χ3v) is 9.23. The number of sulfonamides is 1. The second-order valence-corrected chi connectivity index (χ2v) is 11.6. The number of thioether (sulfide) groups is 1. The molecule has 2 aliphatic rings. The number of benzene rings is 1. The van der Waals surface area contributed by atoms with Crippen LogP contribution >= 0.6 is 34.7 Å². The van der Waals surface area contributed by atoms with E-state index in [9.17, 15) is 18.0 Å². The number of fused-ring (bicyclic) bond motifs is 1. The van der Waals surface area contributed by atoms with E-state index < -0.39 is 16.1 Å². The summed E-state index contributed by atoms with van der Waals surface area (Å²) in [5, 5.41) is 1.32. The molecule has 0 unspecified atom stereocenters. The van der Waals surface area contributed by atoms with E-state index in [1.807, 2.05) is 0 Å². The van der Waals surface area contributed by atoms with Crippen LogP contribution in [0.15, 0.2) is 28.5 Å². The Labute approximate surface area is 182 Å². The van der Waals surface area contributed by atoms with E-state index in [-0.39, 0.29) is 22.6 Å². The molecule has 0 radical (unpaired) electrons. The van der Waals surface area contributed by atoms with Crippen molar-refractivity contribution < 1.29 is 18.0 Å². The lowest BCUT2D eigenvalue weighted by atomic mass is 10.1. The average molecular weight is 474 g/mol. The molecule has 0 spiro atoms. The van der Waals surface area contributed by atoms with E-state index >= 15 is 0 Å². The molecular weight excluding hydrogens is 454 g/mol. The van der Waals surface area contributed by atoms with Crippen LogP contribution in [0, 0.1) is 0 Å². The predicted molar refractivity (Wildman–Crippen MR) is 116 cm³/mol. The Morgan fingerprint density at radius 1 is 1.28 bits per heavy atom. The molecule has 1 atom stereocenters. The Kier molecular flexibility index (Phi) is 6.08. The first-order chi connectivity index (χ1) is 13.8. The maximum Gasteiger partial charge on any atom is 0.250 e. The van der Waals surface area contributed by atoms with Crippen LogP contribution in [0.2, 0.25) is 5.02 Å². The van der Waals surface area contributed by atoms with Gasteiger partial charge in [0.05, 0.1) is 12.4 Å². The molecule has 2 amide bonds. The number of amides is 2. The number of nitrogens with one attached hydrogen (secondary N) is 1. The van der Waals surface area contributed by atoms with Crippen LogP contribution in [0.5, 0.6) is 0 Å². The lowest BCUT2D eigenvalue weighted by Crippen LogP contribution is -2.54. The Morgan fingerprint density at radius 2 is 2.10 bits per heavy atom. The van der Waals surface area contributed by atoms with Gasteiger partial charge in [-0.1, -0.05) is 17.7 Å². The minimum atomic E-state index is -3.86. The molecule has 1 N–H and O–H groups in total. The third-order valence-electron chi connectivity index (χ3n) is 4.98. The first kappa shape index (κ1) is 20.9. The first-order valence-corrected chi connectivity index (χ1v) is 13.0. The summed E-state index contributed by atoms with van der Waals surface area (Å²) < 4.78 is 29.2. The number of hydrogen-bond acceptors (Lipinski definition) is 6.